The molecule has 4 atom stereocenters. The van der Waals surface area contributed by atoms with E-state index >= 15 is 0 Å². The van der Waals surface area contributed by atoms with Crippen LogP contribution in [0.3, 0.4) is 0 Å². The minimum Gasteiger partial charge on any atom is -0.480 e. The molecule has 0 spiro atoms. The van der Waals surface area contributed by atoms with Crippen LogP contribution in [0.1, 0.15) is 47.0 Å². The topological polar surface area (TPSA) is 92.4 Å². The Morgan fingerprint density at radius 2 is 2.00 bits per heavy atom. The van der Waals surface area contributed by atoms with Crippen LogP contribution in [0, 0.1) is 17.3 Å². The number of hydrogen-bond donors (Lipinski definition) is 3. The van der Waals surface area contributed by atoms with Gasteiger partial charge in [-0.05, 0) is 30.6 Å². The van der Waals surface area contributed by atoms with Crippen molar-refractivity contribution >= 4 is 11.9 Å². The third kappa shape index (κ3) is 3.26. The lowest BCUT2D eigenvalue weighted by Crippen LogP contribution is -2.53. The molecular formula is C14H26N2O3. The van der Waals surface area contributed by atoms with Crippen molar-refractivity contribution in [2.75, 3.05) is 0 Å². The first-order valence-corrected chi connectivity index (χ1v) is 7.00. The smallest absolute Gasteiger partial charge is 0.326 e. The van der Waals surface area contributed by atoms with E-state index in [2.05, 4.69) is 12.2 Å². The Bertz CT molecular complexity index is 355. The molecule has 0 heterocycles. The quantitative estimate of drug-likeness (QED) is 0.719. The second-order valence-corrected chi connectivity index (χ2v) is 6.21. The number of carbonyl (C=O) groups is 2. The highest BCUT2D eigenvalue weighted by atomic mass is 16.4. The highest BCUT2D eigenvalue weighted by Crippen LogP contribution is 2.44. The van der Waals surface area contributed by atoms with E-state index in [-0.39, 0.29) is 29.2 Å². The van der Waals surface area contributed by atoms with Gasteiger partial charge in [0.15, 0.2) is 0 Å². The van der Waals surface area contributed by atoms with Gasteiger partial charge in [-0.2, -0.15) is 0 Å². The summed E-state index contributed by atoms with van der Waals surface area (Å²) in [5, 5.41) is 11.7. The predicted molar refractivity (Wildman–Crippen MR) is 73.5 cm³/mol. The number of aliphatic carboxylic acids is 1. The van der Waals surface area contributed by atoms with Crippen molar-refractivity contribution in [3.05, 3.63) is 0 Å². The average molecular weight is 270 g/mol. The Labute approximate surface area is 114 Å². The Balaban J connectivity index is 2.79. The Morgan fingerprint density at radius 3 is 2.47 bits per heavy atom. The summed E-state index contributed by atoms with van der Waals surface area (Å²) < 4.78 is 0. The van der Waals surface area contributed by atoms with Gasteiger partial charge in [-0.1, -0.05) is 27.7 Å². The summed E-state index contributed by atoms with van der Waals surface area (Å²) in [5.74, 6) is -1.06. The molecule has 5 nitrogen and oxygen atoms in total. The molecule has 0 aliphatic heterocycles. The average Bonchev–Trinajstić information content (AvgIpc) is 2.32. The molecule has 1 fully saturated rings. The van der Waals surface area contributed by atoms with Crippen LogP contribution in [0.15, 0.2) is 0 Å². The van der Waals surface area contributed by atoms with Crippen LogP contribution in [-0.4, -0.2) is 29.1 Å². The van der Waals surface area contributed by atoms with E-state index < -0.39 is 12.0 Å². The lowest BCUT2D eigenvalue weighted by molar-refractivity contribution is -0.144. The van der Waals surface area contributed by atoms with Crippen LogP contribution in [0.5, 0.6) is 0 Å². The van der Waals surface area contributed by atoms with Crippen molar-refractivity contribution in [3.63, 3.8) is 0 Å². The van der Waals surface area contributed by atoms with Crippen LogP contribution in [0.4, 0.5) is 0 Å². The zero-order valence-corrected chi connectivity index (χ0v) is 12.3. The molecule has 5 heteroatoms. The van der Waals surface area contributed by atoms with Crippen molar-refractivity contribution in [2.45, 2.75) is 59.0 Å². The molecule has 1 saturated carbocycles. The van der Waals surface area contributed by atoms with Crippen LogP contribution >= 0.6 is 0 Å². The molecule has 1 rings (SSSR count). The molecule has 19 heavy (non-hydrogen) atoms. The lowest BCUT2D eigenvalue weighted by Gasteiger charge is -2.46. The van der Waals surface area contributed by atoms with Crippen molar-refractivity contribution in [2.24, 2.45) is 23.0 Å². The normalized spacial score (nSPS) is 31.5. The fourth-order valence-electron chi connectivity index (χ4n) is 2.93. The number of rotatable bonds is 4. The molecule has 0 aromatic carbocycles. The molecule has 0 aromatic rings. The van der Waals surface area contributed by atoms with E-state index in [1.165, 1.54) is 0 Å². The van der Waals surface area contributed by atoms with Gasteiger partial charge < -0.3 is 16.2 Å². The molecule has 0 radical (unpaired) electrons. The number of carboxylic acid groups (broad SMARTS) is 1. The summed E-state index contributed by atoms with van der Waals surface area (Å²) in [4.78, 5) is 23.3. The van der Waals surface area contributed by atoms with Crippen molar-refractivity contribution in [1.82, 2.24) is 5.32 Å². The van der Waals surface area contributed by atoms with Crippen molar-refractivity contribution < 1.29 is 14.7 Å². The first-order valence-electron chi connectivity index (χ1n) is 7.00. The van der Waals surface area contributed by atoms with Gasteiger partial charge in [0.1, 0.15) is 6.04 Å². The predicted octanol–water partition coefficient (Wildman–Crippen LogP) is 1.37. The number of nitrogens with one attached hydrogen (secondary N) is 1. The fourth-order valence-corrected chi connectivity index (χ4v) is 2.93. The van der Waals surface area contributed by atoms with Crippen LogP contribution in [0.25, 0.3) is 0 Å². The minimum absolute atomic E-state index is 0.112. The standard InChI is InChI=1S/C14H26N2O3/c1-5-11(13(18)19)16-12(17)9-6-7-10(15)8(2)14(9,3)4/h8-11H,5-7,15H2,1-4H3,(H,16,17)(H,18,19). The summed E-state index contributed by atoms with van der Waals surface area (Å²) in [6, 6.07) is -0.685. The third-order valence-corrected chi connectivity index (χ3v) is 4.84. The zero-order chi connectivity index (χ0) is 14.8. The van der Waals surface area contributed by atoms with Gasteiger partial charge in [-0.3, -0.25) is 4.79 Å². The Morgan fingerprint density at radius 1 is 1.42 bits per heavy atom. The SMILES string of the molecule is CCC(NC(=O)C1CCC(N)C(C)C1(C)C)C(=O)O. The maximum Gasteiger partial charge on any atom is 0.326 e. The van der Waals surface area contributed by atoms with Crippen molar-refractivity contribution in [1.29, 1.82) is 0 Å². The molecule has 110 valence electrons. The van der Waals surface area contributed by atoms with E-state index in [0.29, 0.717) is 6.42 Å². The molecular weight excluding hydrogens is 244 g/mol. The molecule has 0 bridgehead atoms. The lowest BCUT2D eigenvalue weighted by atomic mass is 9.61. The van der Waals surface area contributed by atoms with E-state index in [4.69, 9.17) is 10.8 Å². The molecule has 4 N–H and O–H groups in total. The Kier molecular flexibility index (Phi) is 4.96. The van der Waals surface area contributed by atoms with E-state index in [0.717, 1.165) is 12.8 Å². The minimum atomic E-state index is -0.978. The molecule has 4 unspecified atom stereocenters. The van der Waals surface area contributed by atoms with E-state index in [9.17, 15) is 9.59 Å². The first-order chi connectivity index (χ1) is 8.71. The van der Waals surface area contributed by atoms with Crippen LogP contribution in [0.2, 0.25) is 0 Å². The molecule has 0 saturated heterocycles. The number of hydrogen-bond acceptors (Lipinski definition) is 3. The maximum atomic E-state index is 12.3. The Hall–Kier alpha value is -1.10. The van der Waals surface area contributed by atoms with Crippen LogP contribution < -0.4 is 11.1 Å². The summed E-state index contributed by atoms with van der Waals surface area (Å²) in [6.45, 7) is 7.91. The number of amides is 1. The highest BCUT2D eigenvalue weighted by Gasteiger charge is 2.45. The van der Waals surface area contributed by atoms with E-state index in [1.807, 2.05) is 13.8 Å². The fraction of sp³-hybridized carbons (Fsp3) is 0.857. The highest BCUT2D eigenvalue weighted by molar-refractivity contribution is 5.85. The molecule has 1 aliphatic carbocycles. The number of nitrogens with two attached hydrogens (primary N) is 1. The van der Waals surface area contributed by atoms with Gasteiger partial charge >= 0.3 is 5.97 Å². The molecule has 0 aromatic heterocycles. The maximum absolute atomic E-state index is 12.3. The van der Waals surface area contributed by atoms with Crippen LogP contribution in [-0.2, 0) is 9.59 Å². The molecule has 1 amide bonds. The van der Waals surface area contributed by atoms with Gasteiger partial charge in [-0.25, -0.2) is 4.79 Å². The number of carboxylic acids is 1. The summed E-state index contributed by atoms with van der Waals surface area (Å²) in [6.07, 6.45) is 1.93. The third-order valence-electron chi connectivity index (χ3n) is 4.84. The summed E-state index contributed by atoms with van der Waals surface area (Å²) >= 11 is 0. The summed E-state index contributed by atoms with van der Waals surface area (Å²) in [5.41, 5.74) is 5.86. The molecule has 1 aliphatic rings. The van der Waals surface area contributed by atoms with Gasteiger partial charge in [0.2, 0.25) is 5.91 Å². The van der Waals surface area contributed by atoms with Gasteiger partial charge in [0, 0.05) is 12.0 Å². The number of carbonyl (C=O) groups excluding carboxylic acids is 1. The second kappa shape index (κ2) is 5.90. The second-order valence-electron chi connectivity index (χ2n) is 6.21. The van der Waals surface area contributed by atoms with Crippen molar-refractivity contribution in [3.8, 4) is 0 Å². The zero-order valence-electron chi connectivity index (χ0n) is 12.3. The van der Waals surface area contributed by atoms with Gasteiger partial charge in [0.25, 0.3) is 0 Å². The van der Waals surface area contributed by atoms with Gasteiger partial charge in [-0.15, -0.1) is 0 Å². The summed E-state index contributed by atoms with van der Waals surface area (Å²) in [7, 11) is 0. The first kappa shape index (κ1) is 16.0. The monoisotopic (exact) mass is 270 g/mol. The largest absolute Gasteiger partial charge is 0.480 e. The van der Waals surface area contributed by atoms with E-state index in [1.54, 1.807) is 6.92 Å². The van der Waals surface area contributed by atoms with Gasteiger partial charge in [0.05, 0.1) is 0 Å².